The van der Waals surface area contributed by atoms with E-state index in [1.54, 1.807) is 24.3 Å². The number of carbonyl (C=O) groups is 1. The van der Waals surface area contributed by atoms with Crippen molar-refractivity contribution in [2.75, 3.05) is 11.4 Å². The fraction of sp³-hybridized carbons (Fsp3) is 0.240. The first kappa shape index (κ1) is 22.6. The van der Waals surface area contributed by atoms with Gasteiger partial charge < -0.3 is 5.32 Å². The molecule has 0 aliphatic rings. The number of amides is 1. The van der Waals surface area contributed by atoms with Gasteiger partial charge in [-0.15, -0.1) is 0 Å². The summed E-state index contributed by atoms with van der Waals surface area (Å²) in [6.07, 6.45) is 0. The highest BCUT2D eigenvalue weighted by Gasteiger charge is 2.24. The molecule has 1 atom stereocenters. The number of nitrogens with one attached hydrogen (secondary N) is 1. The largest absolute Gasteiger partial charge is 0.346 e. The number of para-hydroxylation sites is 1. The van der Waals surface area contributed by atoms with E-state index in [0.29, 0.717) is 11.3 Å². The first-order chi connectivity index (χ1) is 14.6. The monoisotopic (exact) mass is 436 g/mol. The van der Waals surface area contributed by atoms with Crippen molar-refractivity contribution in [2.45, 2.75) is 38.6 Å². The number of nitrogens with zero attached hydrogens (tertiary/aromatic N) is 1. The van der Waals surface area contributed by atoms with Gasteiger partial charge in [0.25, 0.3) is 15.9 Å². The van der Waals surface area contributed by atoms with Crippen molar-refractivity contribution in [1.82, 2.24) is 5.32 Å². The van der Waals surface area contributed by atoms with E-state index in [-0.39, 0.29) is 16.8 Å². The molecule has 0 saturated heterocycles. The number of rotatable bonds is 6. The number of anilines is 1. The molecule has 1 N–H and O–H groups in total. The second-order valence-electron chi connectivity index (χ2n) is 7.84. The molecule has 0 aliphatic heterocycles. The van der Waals surface area contributed by atoms with Gasteiger partial charge in [-0.3, -0.25) is 9.10 Å². The third-order valence-corrected chi connectivity index (χ3v) is 7.23. The zero-order valence-electron chi connectivity index (χ0n) is 18.5. The Morgan fingerprint density at radius 3 is 2.32 bits per heavy atom. The van der Waals surface area contributed by atoms with E-state index in [9.17, 15) is 13.2 Å². The Morgan fingerprint density at radius 2 is 1.61 bits per heavy atom. The van der Waals surface area contributed by atoms with Crippen LogP contribution in [-0.4, -0.2) is 21.4 Å². The Morgan fingerprint density at radius 1 is 0.903 bits per heavy atom. The third kappa shape index (κ3) is 4.80. The molecule has 0 fully saturated rings. The van der Waals surface area contributed by atoms with Gasteiger partial charge in [0.1, 0.15) is 0 Å². The molecule has 0 bridgehead atoms. The summed E-state index contributed by atoms with van der Waals surface area (Å²) in [5.74, 6) is -0.316. The highest BCUT2D eigenvalue weighted by atomic mass is 32.2. The van der Waals surface area contributed by atoms with Crippen LogP contribution in [-0.2, 0) is 10.0 Å². The van der Waals surface area contributed by atoms with Gasteiger partial charge in [0.2, 0.25) is 0 Å². The van der Waals surface area contributed by atoms with E-state index < -0.39 is 10.0 Å². The van der Waals surface area contributed by atoms with Crippen LogP contribution in [0.1, 0.15) is 45.6 Å². The lowest BCUT2D eigenvalue weighted by atomic mass is 10.00. The molecule has 1 amide bonds. The van der Waals surface area contributed by atoms with Crippen molar-refractivity contribution in [3.8, 4) is 0 Å². The standard InChI is InChI=1S/C25H28N2O3S/c1-17-13-14-18(2)23(15-17)20(4)26-25(28)21-10-8-11-22(16-21)31(29,30)27(5)24-12-7-6-9-19(24)3/h6-16,20H,1-5H3,(H,26,28). The summed E-state index contributed by atoms with van der Waals surface area (Å²) in [6, 6.07) is 19.3. The summed E-state index contributed by atoms with van der Waals surface area (Å²) in [5, 5.41) is 2.98. The maximum Gasteiger partial charge on any atom is 0.264 e. The summed E-state index contributed by atoms with van der Waals surface area (Å²) in [7, 11) is -2.29. The van der Waals surface area contributed by atoms with Crippen LogP contribution in [0.4, 0.5) is 5.69 Å². The van der Waals surface area contributed by atoms with Gasteiger partial charge in [0, 0.05) is 12.6 Å². The number of benzene rings is 3. The molecular weight excluding hydrogens is 408 g/mol. The second-order valence-corrected chi connectivity index (χ2v) is 9.81. The van der Waals surface area contributed by atoms with Crippen LogP contribution in [0.3, 0.4) is 0 Å². The van der Waals surface area contributed by atoms with Crippen LogP contribution >= 0.6 is 0 Å². The molecule has 0 spiro atoms. The quantitative estimate of drug-likeness (QED) is 0.596. The Kier molecular flexibility index (Phi) is 6.51. The molecule has 1 unspecified atom stereocenters. The normalized spacial score (nSPS) is 12.3. The van der Waals surface area contributed by atoms with E-state index in [1.165, 1.54) is 23.5 Å². The Labute approximate surface area is 184 Å². The average molecular weight is 437 g/mol. The van der Waals surface area contributed by atoms with Crippen LogP contribution in [0.5, 0.6) is 0 Å². The van der Waals surface area contributed by atoms with Gasteiger partial charge in [-0.25, -0.2) is 8.42 Å². The maximum absolute atomic E-state index is 13.2. The van der Waals surface area contributed by atoms with Crippen LogP contribution in [0, 0.1) is 20.8 Å². The van der Waals surface area contributed by atoms with E-state index in [2.05, 4.69) is 11.4 Å². The molecule has 162 valence electrons. The summed E-state index contributed by atoms with van der Waals surface area (Å²) in [6.45, 7) is 7.80. The smallest absolute Gasteiger partial charge is 0.264 e. The average Bonchev–Trinajstić information content (AvgIpc) is 2.75. The number of carbonyl (C=O) groups excluding carboxylic acids is 1. The molecule has 0 radical (unpaired) electrons. The van der Waals surface area contributed by atoms with Crippen molar-refractivity contribution in [3.05, 3.63) is 94.5 Å². The van der Waals surface area contributed by atoms with Crippen LogP contribution in [0.25, 0.3) is 0 Å². The lowest BCUT2D eigenvalue weighted by Crippen LogP contribution is -2.29. The minimum Gasteiger partial charge on any atom is -0.346 e. The van der Waals surface area contributed by atoms with E-state index in [0.717, 1.165) is 22.3 Å². The second kappa shape index (κ2) is 8.94. The van der Waals surface area contributed by atoms with Gasteiger partial charge >= 0.3 is 0 Å². The topological polar surface area (TPSA) is 66.5 Å². The highest BCUT2D eigenvalue weighted by molar-refractivity contribution is 7.92. The Balaban J connectivity index is 1.86. The minimum absolute atomic E-state index is 0.0743. The molecule has 0 heterocycles. The fourth-order valence-corrected chi connectivity index (χ4v) is 4.89. The van der Waals surface area contributed by atoms with Gasteiger partial charge in [-0.2, -0.15) is 0 Å². The number of hydrogen-bond acceptors (Lipinski definition) is 3. The molecule has 0 saturated carbocycles. The van der Waals surface area contributed by atoms with E-state index in [1.807, 2.05) is 52.0 Å². The molecule has 3 aromatic carbocycles. The van der Waals surface area contributed by atoms with Crippen molar-refractivity contribution in [1.29, 1.82) is 0 Å². The van der Waals surface area contributed by atoms with Crippen molar-refractivity contribution < 1.29 is 13.2 Å². The van der Waals surface area contributed by atoms with Crippen molar-refractivity contribution in [2.24, 2.45) is 0 Å². The van der Waals surface area contributed by atoms with Gasteiger partial charge in [-0.1, -0.05) is 48.0 Å². The SMILES string of the molecule is Cc1ccc(C)c(C(C)NC(=O)c2cccc(S(=O)(=O)N(C)c3ccccc3C)c2)c1. The van der Waals surface area contributed by atoms with Gasteiger partial charge in [0.05, 0.1) is 16.6 Å². The van der Waals surface area contributed by atoms with Crippen LogP contribution < -0.4 is 9.62 Å². The lowest BCUT2D eigenvalue weighted by Gasteiger charge is -2.22. The Hall–Kier alpha value is -3.12. The predicted molar refractivity (Wildman–Crippen MR) is 125 cm³/mol. The predicted octanol–water partition coefficient (Wildman–Crippen LogP) is 4.93. The zero-order valence-corrected chi connectivity index (χ0v) is 19.3. The van der Waals surface area contributed by atoms with Gasteiger partial charge in [-0.05, 0) is 68.7 Å². The van der Waals surface area contributed by atoms with Crippen molar-refractivity contribution >= 4 is 21.6 Å². The van der Waals surface area contributed by atoms with Crippen LogP contribution in [0.15, 0.2) is 71.6 Å². The molecule has 3 aromatic rings. The first-order valence-electron chi connectivity index (χ1n) is 10.1. The molecular formula is C25H28N2O3S. The van der Waals surface area contributed by atoms with Crippen LogP contribution in [0.2, 0.25) is 0 Å². The van der Waals surface area contributed by atoms with Crippen molar-refractivity contribution in [3.63, 3.8) is 0 Å². The molecule has 0 aromatic heterocycles. The fourth-order valence-electron chi connectivity index (χ4n) is 3.59. The number of hydrogen-bond donors (Lipinski definition) is 1. The summed E-state index contributed by atoms with van der Waals surface area (Å²) in [4.78, 5) is 13.0. The highest BCUT2D eigenvalue weighted by Crippen LogP contribution is 2.26. The Bertz CT molecular complexity index is 1220. The zero-order chi connectivity index (χ0) is 22.8. The maximum atomic E-state index is 13.2. The molecule has 6 heteroatoms. The van der Waals surface area contributed by atoms with Gasteiger partial charge in [0.15, 0.2) is 0 Å². The first-order valence-corrected chi connectivity index (χ1v) is 11.6. The molecule has 3 rings (SSSR count). The van der Waals surface area contributed by atoms with E-state index >= 15 is 0 Å². The number of aryl methyl sites for hydroxylation is 3. The third-order valence-electron chi connectivity index (χ3n) is 5.46. The van der Waals surface area contributed by atoms with E-state index in [4.69, 9.17) is 0 Å². The lowest BCUT2D eigenvalue weighted by molar-refractivity contribution is 0.0939. The molecule has 31 heavy (non-hydrogen) atoms. The minimum atomic E-state index is -3.81. The molecule has 0 aliphatic carbocycles. The summed E-state index contributed by atoms with van der Waals surface area (Å²) in [5.41, 5.74) is 5.00. The molecule has 5 nitrogen and oxygen atoms in total. The summed E-state index contributed by atoms with van der Waals surface area (Å²) >= 11 is 0. The summed E-state index contributed by atoms with van der Waals surface area (Å²) < 4.78 is 27.6. The number of sulfonamides is 1.